The van der Waals surface area contributed by atoms with E-state index in [2.05, 4.69) is 9.97 Å². The summed E-state index contributed by atoms with van der Waals surface area (Å²) >= 11 is 0. The molecule has 0 spiro atoms. The van der Waals surface area contributed by atoms with Crippen molar-refractivity contribution in [3.63, 3.8) is 0 Å². The van der Waals surface area contributed by atoms with Crippen LogP contribution in [-0.2, 0) is 4.79 Å². The number of nitrogens with zero attached hydrogens (tertiary/aromatic N) is 6. The molecule has 152 valence electrons. The van der Waals surface area contributed by atoms with E-state index in [1.165, 1.54) is 12.5 Å². The lowest BCUT2D eigenvalue weighted by Gasteiger charge is -2.35. The topological polar surface area (TPSA) is 103 Å². The maximum absolute atomic E-state index is 12.6. The number of anilines is 1. The zero-order valence-corrected chi connectivity index (χ0v) is 15.9. The first-order chi connectivity index (χ1) is 14.2. The Morgan fingerprint density at radius 3 is 2.17 bits per heavy atom. The van der Waals surface area contributed by atoms with Crippen LogP contribution in [-0.4, -0.2) is 95.3 Å². The third-order valence-electron chi connectivity index (χ3n) is 5.23. The van der Waals surface area contributed by atoms with Crippen molar-refractivity contribution in [2.24, 2.45) is 0 Å². The smallest absolute Gasteiger partial charge is 0.289 e. The van der Waals surface area contributed by atoms with Crippen molar-refractivity contribution in [2.75, 3.05) is 57.3 Å². The first-order valence-electron chi connectivity index (χ1n) is 9.54. The number of amides is 3. The molecule has 2 fully saturated rings. The van der Waals surface area contributed by atoms with Gasteiger partial charge in [-0.3, -0.25) is 14.4 Å². The quantitative estimate of drug-likeness (QED) is 0.665. The Balaban J connectivity index is 1.32. The van der Waals surface area contributed by atoms with Gasteiger partial charge >= 0.3 is 0 Å². The first kappa shape index (κ1) is 18.9. The van der Waals surface area contributed by atoms with E-state index in [4.69, 9.17) is 4.42 Å². The Morgan fingerprint density at radius 1 is 0.897 bits per heavy atom. The van der Waals surface area contributed by atoms with Crippen molar-refractivity contribution in [2.45, 2.75) is 0 Å². The number of carbonyl (C=O) groups is 3. The largest absolute Gasteiger partial charge is 0.459 e. The number of hydrogen-bond acceptors (Lipinski definition) is 7. The van der Waals surface area contributed by atoms with E-state index in [9.17, 15) is 14.4 Å². The summed E-state index contributed by atoms with van der Waals surface area (Å²) in [6, 6.07) is 3.36. The first-order valence-corrected chi connectivity index (χ1v) is 9.54. The van der Waals surface area contributed by atoms with Crippen LogP contribution in [0.15, 0.2) is 35.2 Å². The van der Waals surface area contributed by atoms with Crippen molar-refractivity contribution >= 4 is 24.0 Å². The molecule has 0 unspecified atom stereocenters. The molecular weight excluding hydrogens is 376 g/mol. The fourth-order valence-corrected chi connectivity index (χ4v) is 3.48. The Kier molecular flexibility index (Phi) is 5.41. The minimum Gasteiger partial charge on any atom is -0.459 e. The summed E-state index contributed by atoms with van der Waals surface area (Å²) in [5.41, 5.74) is 0.292. The third kappa shape index (κ3) is 4.05. The summed E-state index contributed by atoms with van der Waals surface area (Å²) in [5.74, 6) is 0.729. The number of furan rings is 1. The van der Waals surface area contributed by atoms with Crippen molar-refractivity contribution < 1.29 is 18.8 Å². The lowest BCUT2D eigenvalue weighted by Crippen LogP contribution is -2.49. The predicted molar refractivity (Wildman–Crippen MR) is 102 cm³/mol. The molecule has 2 aromatic heterocycles. The molecule has 0 radical (unpaired) electrons. The summed E-state index contributed by atoms with van der Waals surface area (Å²) in [4.78, 5) is 51.5. The molecule has 0 aromatic carbocycles. The Bertz CT molecular complexity index is 853. The average molecular weight is 398 g/mol. The maximum atomic E-state index is 12.6. The molecule has 4 heterocycles. The van der Waals surface area contributed by atoms with Crippen LogP contribution < -0.4 is 4.90 Å². The third-order valence-corrected chi connectivity index (χ3v) is 5.23. The minimum atomic E-state index is -0.177. The van der Waals surface area contributed by atoms with Gasteiger partial charge in [-0.05, 0) is 12.1 Å². The van der Waals surface area contributed by atoms with Crippen LogP contribution in [0.3, 0.4) is 0 Å². The van der Waals surface area contributed by atoms with E-state index in [1.807, 2.05) is 4.90 Å². The van der Waals surface area contributed by atoms with Crippen LogP contribution in [0.2, 0.25) is 0 Å². The predicted octanol–water partition coefficient (Wildman–Crippen LogP) is -0.0538. The Labute approximate surface area is 167 Å². The van der Waals surface area contributed by atoms with Crippen molar-refractivity contribution in [3.8, 4) is 0 Å². The van der Waals surface area contributed by atoms with Crippen LogP contribution in [0.5, 0.6) is 0 Å². The second-order valence-electron chi connectivity index (χ2n) is 6.95. The van der Waals surface area contributed by atoms with Crippen LogP contribution in [0.1, 0.15) is 21.0 Å². The standard InChI is InChI=1S/C19H22N6O4/c26-14-22-3-5-24(6-4-22)18(27)15-12-21-17(13-20-15)23-7-9-25(10-8-23)19(28)16-2-1-11-29-16/h1-2,11-14H,3-10H2. The van der Waals surface area contributed by atoms with Crippen molar-refractivity contribution in [1.29, 1.82) is 0 Å². The van der Waals surface area contributed by atoms with Crippen molar-refractivity contribution in [3.05, 3.63) is 42.2 Å². The summed E-state index contributed by atoms with van der Waals surface area (Å²) in [6.07, 6.45) is 5.38. The number of hydrogen-bond donors (Lipinski definition) is 0. The van der Waals surface area contributed by atoms with E-state index in [0.29, 0.717) is 69.6 Å². The highest BCUT2D eigenvalue weighted by Crippen LogP contribution is 2.15. The molecule has 0 bridgehead atoms. The van der Waals surface area contributed by atoms with Gasteiger partial charge in [0, 0.05) is 52.4 Å². The fraction of sp³-hybridized carbons (Fsp3) is 0.421. The van der Waals surface area contributed by atoms with Gasteiger partial charge in [-0.15, -0.1) is 0 Å². The van der Waals surface area contributed by atoms with E-state index in [1.54, 1.807) is 33.0 Å². The molecule has 3 amide bonds. The van der Waals surface area contributed by atoms with Gasteiger partial charge in [0.1, 0.15) is 11.5 Å². The van der Waals surface area contributed by atoms with Gasteiger partial charge in [0.25, 0.3) is 11.8 Å². The van der Waals surface area contributed by atoms with Gasteiger partial charge in [-0.25, -0.2) is 9.97 Å². The Morgan fingerprint density at radius 2 is 1.59 bits per heavy atom. The molecule has 2 aliphatic heterocycles. The van der Waals surface area contributed by atoms with Gasteiger partial charge in [-0.2, -0.15) is 0 Å². The van der Waals surface area contributed by atoms with Crippen LogP contribution in [0, 0.1) is 0 Å². The maximum Gasteiger partial charge on any atom is 0.289 e. The molecule has 0 N–H and O–H groups in total. The lowest BCUT2D eigenvalue weighted by molar-refractivity contribution is -0.119. The summed E-state index contributed by atoms with van der Waals surface area (Å²) in [6.45, 7) is 4.42. The minimum absolute atomic E-state index is 0.114. The van der Waals surface area contributed by atoms with Gasteiger partial charge in [0.15, 0.2) is 5.76 Å². The average Bonchev–Trinajstić information content (AvgIpc) is 3.33. The monoisotopic (exact) mass is 398 g/mol. The molecule has 10 nitrogen and oxygen atoms in total. The zero-order chi connectivity index (χ0) is 20.2. The van der Waals surface area contributed by atoms with Crippen LogP contribution in [0.4, 0.5) is 5.82 Å². The molecule has 10 heteroatoms. The number of rotatable bonds is 4. The molecule has 2 saturated heterocycles. The van der Waals surface area contributed by atoms with Gasteiger partial charge in [0.2, 0.25) is 6.41 Å². The second kappa shape index (κ2) is 8.29. The molecule has 0 saturated carbocycles. The second-order valence-corrected chi connectivity index (χ2v) is 6.95. The van der Waals surface area contributed by atoms with Gasteiger partial charge in [-0.1, -0.05) is 0 Å². The Hall–Kier alpha value is -3.43. The van der Waals surface area contributed by atoms with Crippen LogP contribution >= 0.6 is 0 Å². The zero-order valence-electron chi connectivity index (χ0n) is 15.9. The summed E-state index contributed by atoms with van der Waals surface area (Å²) in [5, 5.41) is 0. The van der Waals surface area contributed by atoms with E-state index in [-0.39, 0.29) is 11.8 Å². The highest BCUT2D eigenvalue weighted by Gasteiger charge is 2.26. The van der Waals surface area contributed by atoms with Gasteiger partial charge in [0.05, 0.1) is 18.7 Å². The lowest BCUT2D eigenvalue weighted by atomic mass is 10.2. The molecule has 29 heavy (non-hydrogen) atoms. The highest BCUT2D eigenvalue weighted by molar-refractivity contribution is 5.92. The van der Waals surface area contributed by atoms with E-state index in [0.717, 1.165) is 6.41 Å². The summed E-state index contributed by atoms with van der Waals surface area (Å²) < 4.78 is 5.17. The van der Waals surface area contributed by atoms with Crippen LogP contribution in [0.25, 0.3) is 0 Å². The molecular formula is C19H22N6O4. The molecule has 4 rings (SSSR count). The van der Waals surface area contributed by atoms with Gasteiger partial charge < -0.3 is 24.0 Å². The van der Waals surface area contributed by atoms with E-state index >= 15 is 0 Å². The SMILES string of the molecule is O=CN1CCN(C(=O)c2cnc(N3CCN(C(=O)c4ccco4)CC3)cn2)CC1. The summed E-state index contributed by atoms with van der Waals surface area (Å²) in [7, 11) is 0. The highest BCUT2D eigenvalue weighted by atomic mass is 16.3. The number of aromatic nitrogens is 2. The number of carbonyl (C=O) groups excluding carboxylic acids is 3. The molecule has 2 aromatic rings. The van der Waals surface area contributed by atoms with E-state index < -0.39 is 0 Å². The fourth-order valence-electron chi connectivity index (χ4n) is 3.48. The molecule has 2 aliphatic rings. The molecule has 0 aliphatic carbocycles. The number of piperazine rings is 2. The van der Waals surface area contributed by atoms with Crippen molar-refractivity contribution in [1.82, 2.24) is 24.7 Å². The normalized spacial score (nSPS) is 17.4. The molecule has 0 atom stereocenters.